The number of aromatic nitrogens is 2. The Morgan fingerprint density at radius 2 is 1.93 bits per heavy atom. The smallest absolute Gasteiger partial charge is 0.407 e. The van der Waals surface area contributed by atoms with Crippen molar-refractivity contribution < 1.29 is 14.3 Å². The zero-order chi connectivity index (χ0) is 19.6. The number of fused-ring (bicyclic) bond motifs is 1. The van der Waals surface area contributed by atoms with Crippen molar-refractivity contribution >= 4 is 27.6 Å². The van der Waals surface area contributed by atoms with Crippen LogP contribution in [0.5, 0.6) is 5.88 Å². The second kappa shape index (κ2) is 8.00. The maximum absolute atomic E-state index is 11.9. The standard InChI is InChI=1S/C20H29N3O3S/c1-12(2)16-10-15-17(21-11-22-18(15)27-16)25-14-8-6-13(7-9-14)23-19(24)26-20(3,4)5/h10-14H,6-9H2,1-5H3,(H,23,24). The van der Waals surface area contributed by atoms with Gasteiger partial charge in [0.2, 0.25) is 5.88 Å². The third-order valence-corrected chi connectivity index (χ3v) is 5.90. The summed E-state index contributed by atoms with van der Waals surface area (Å²) in [6.45, 7) is 9.97. The average Bonchev–Trinajstić information content (AvgIpc) is 3.00. The minimum absolute atomic E-state index is 0.113. The fourth-order valence-corrected chi connectivity index (χ4v) is 4.18. The van der Waals surface area contributed by atoms with E-state index in [-0.39, 0.29) is 18.2 Å². The summed E-state index contributed by atoms with van der Waals surface area (Å²) in [5, 5.41) is 3.96. The first kappa shape index (κ1) is 19.9. The van der Waals surface area contributed by atoms with Crippen LogP contribution < -0.4 is 10.1 Å². The molecule has 1 aliphatic carbocycles. The van der Waals surface area contributed by atoms with Gasteiger partial charge in [0.15, 0.2) is 0 Å². The lowest BCUT2D eigenvalue weighted by atomic mass is 9.93. The molecule has 0 bridgehead atoms. The number of alkyl carbamates (subject to hydrolysis) is 1. The molecule has 2 aromatic heterocycles. The molecule has 0 aliphatic heterocycles. The molecule has 1 amide bonds. The number of hydrogen-bond donors (Lipinski definition) is 1. The number of carbonyl (C=O) groups excluding carboxylic acids is 1. The van der Waals surface area contributed by atoms with Gasteiger partial charge in [0.25, 0.3) is 0 Å². The summed E-state index contributed by atoms with van der Waals surface area (Å²) >= 11 is 1.70. The molecule has 0 saturated heterocycles. The van der Waals surface area contributed by atoms with E-state index in [0.29, 0.717) is 11.8 Å². The molecule has 1 N–H and O–H groups in total. The molecule has 2 aromatic rings. The first-order valence-corrected chi connectivity index (χ1v) is 10.4. The quantitative estimate of drug-likeness (QED) is 0.791. The second-order valence-electron chi connectivity index (χ2n) is 8.44. The summed E-state index contributed by atoms with van der Waals surface area (Å²) < 4.78 is 11.5. The summed E-state index contributed by atoms with van der Waals surface area (Å²) in [6, 6.07) is 2.29. The van der Waals surface area contributed by atoms with Crippen molar-refractivity contribution in [2.24, 2.45) is 0 Å². The van der Waals surface area contributed by atoms with Crippen LogP contribution in [-0.4, -0.2) is 33.8 Å². The SMILES string of the molecule is CC(C)c1cc2c(OC3CCC(NC(=O)OC(C)(C)C)CC3)ncnc2s1. The summed E-state index contributed by atoms with van der Waals surface area (Å²) in [5.74, 6) is 1.14. The minimum atomic E-state index is -0.474. The van der Waals surface area contributed by atoms with E-state index in [1.807, 2.05) is 20.8 Å². The first-order valence-electron chi connectivity index (χ1n) is 9.62. The van der Waals surface area contributed by atoms with Crippen molar-refractivity contribution in [1.82, 2.24) is 15.3 Å². The summed E-state index contributed by atoms with van der Waals surface area (Å²) in [7, 11) is 0. The average molecular weight is 392 g/mol. The van der Waals surface area contributed by atoms with Gasteiger partial charge in [-0.1, -0.05) is 13.8 Å². The third kappa shape index (κ3) is 5.31. The van der Waals surface area contributed by atoms with Gasteiger partial charge in [-0.2, -0.15) is 0 Å². The van der Waals surface area contributed by atoms with Crippen LogP contribution in [0.1, 0.15) is 71.1 Å². The predicted octanol–water partition coefficient (Wildman–Crippen LogP) is 5.03. The van der Waals surface area contributed by atoms with Gasteiger partial charge >= 0.3 is 6.09 Å². The van der Waals surface area contributed by atoms with E-state index in [9.17, 15) is 4.79 Å². The number of rotatable bonds is 4. The van der Waals surface area contributed by atoms with E-state index in [0.717, 1.165) is 35.9 Å². The van der Waals surface area contributed by atoms with Gasteiger partial charge in [-0.25, -0.2) is 14.8 Å². The summed E-state index contributed by atoms with van der Waals surface area (Å²) in [6.07, 6.45) is 4.86. The zero-order valence-corrected chi connectivity index (χ0v) is 17.6. The van der Waals surface area contributed by atoms with Gasteiger partial charge in [0.05, 0.1) is 5.39 Å². The normalized spacial score (nSPS) is 20.7. The van der Waals surface area contributed by atoms with Crippen LogP contribution in [0.4, 0.5) is 4.79 Å². The molecular formula is C20H29N3O3S. The van der Waals surface area contributed by atoms with Gasteiger partial charge in [-0.3, -0.25) is 0 Å². The maximum Gasteiger partial charge on any atom is 0.407 e. The van der Waals surface area contributed by atoms with Crippen molar-refractivity contribution in [1.29, 1.82) is 0 Å². The number of nitrogens with one attached hydrogen (secondary N) is 1. The molecule has 0 aromatic carbocycles. The lowest BCUT2D eigenvalue weighted by molar-refractivity contribution is 0.0470. The van der Waals surface area contributed by atoms with E-state index < -0.39 is 5.60 Å². The van der Waals surface area contributed by atoms with Crippen LogP contribution in [0.15, 0.2) is 12.4 Å². The highest BCUT2D eigenvalue weighted by atomic mass is 32.1. The van der Waals surface area contributed by atoms with E-state index in [2.05, 4.69) is 35.2 Å². The largest absolute Gasteiger partial charge is 0.474 e. The fraction of sp³-hybridized carbons (Fsp3) is 0.650. The minimum Gasteiger partial charge on any atom is -0.474 e. The Hall–Kier alpha value is -1.89. The van der Waals surface area contributed by atoms with Crippen LogP contribution >= 0.6 is 11.3 Å². The second-order valence-corrected chi connectivity index (χ2v) is 9.50. The number of thiophene rings is 1. The number of amides is 1. The van der Waals surface area contributed by atoms with E-state index in [1.54, 1.807) is 17.7 Å². The van der Waals surface area contributed by atoms with Gasteiger partial charge in [-0.15, -0.1) is 11.3 Å². The Bertz CT molecular complexity index is 789. The number of carbonyl (C=O) groups is 1. The Balaban J connectivity index is 1.57. The Morgan fingerprint density at radius 3 is 2.56 bits per heavy atom. The van der Waals surface area contributed by atoms with Crippen molar-refractivity contribution in [3.8, 4) is 5.88 Å². The van der Waals surface area contributed by atoms with Crippen molar-refractivity contribution in [3.05, 3.63) is 17.3 Å². The number of hydrogen-bond acceptors (Lipinski definition) is 6. The first-order chi connectivity index (χ1) is 12.7. The van der Waals surface area contributed by atoms with E-state index >= 15 is 0 Å². The van der Waals surface area contributed by atoms with Gasteiger partial charge in [-0.05, 0) is 58.4 Å². The van der Waals surface area contributed by atoms with Crippen molar-refractivity contribution in [2.75, 3.05) is 0 Å². The maximum atomic E-state index is 11.9. The highest BCUT2D eigenvalue weighted by molar-refractivity contribution is 7.18. The molecular weight excluding hydrogens is 362 g/mol. The molecule has 27 heavy (non-hydrogen) atoms. The molecule has 1 fully saturated rings. The Kier molecular flexibility index (Phi) is 5.89. The van der Waals surface area contributed by atoms with Gasteiger partial charge in [0, 0.05) is 10.9 Å². The lowest BCUT2D eigenvalue weighted by Crippen LogP contribution is -2.42. The molecule has 6 nitrogen and oxygen atoms in total. The van der Waals surface area contributed by atoms with Crippen LogP contribution in [0.3, 0.4) is 0 Å². The number of nitrogens with zero attached hydrogens (tertiary/aromatic N) is 2. The molecule has 0 unspecified atom stereocenters. The topological polar surface area (TPSA) is 73.3 Å². The molecule has 0 atom stereocenters. The predicted molar refractivity (Wildman–Crippen MR) is 108 cm³/mol. The highest BCUT2D eigenvalue weighted by Gasteiger charge is 2.26. The van der Waals surface area contributed by atoms with Crippen LogP contribution in [0.2, 0.25) is 0 Å². The Labute approximate surface area is 164 Å². The fourth-order valence-electron chi connectivity index (χ4n) is 3.19. The van der Waals surface area contributed by atoms with E-state index in [4.69, 9.17) is 9.47 Å². The van der Waals surface area contributed by atoms with Gasteiger partial charge in [0.1, 0.15) is 22.9 Å². The molecule has 3 rings (SSSR count). The monoisotopic (exact) mass is 391 g/mol. The van der Waals surface area contributed by atoms with Crippen LogP contribution in [-0.2, 0) is 4.74 Å². The van der Waals surface area contributed by atoms with Crippen LogP contribution in [0.25, 0.3) is 10.2 Å². The molecule has 2 heterocycles. The highest BCUT2D eigenvalue weighted by Crippen LogP contribution is 2.34. The van der Waals surface area contributed by atoms with E-state index in [1.165, 1.54) is 4.88 Å². The summed E-state index contributed by atoms with van der Waals surface area (Å²) in [4.78, 5) is 22.9. The molecule has 7 heteroatoms. The molecule has 0 radical (unpaired) electrons. The molecule has 148 valence electrons. The molecule has 1 saturated carbocycles. The van der Waals surface area contributed by atoms with Crippen molar-refractivity contribution in [3.63, 3.8) is 0 Å². The molecule has 1 aliphatic rings. The Morgan fingerprint density at radius 1 is 1.22 bits per heavy atom. The zero-order valence-electron chi connectivity index (χ0n) is 16.7. The third-order valence-electron chi connectivity index (χ3n) is 4.55. The molecule has 0 spiro atoms. The lowest BCUT2D eigenvalue weighted by Gasteiger charge is -2.30. The summed E-state index contributed by atoms with van der Waals surface area (Å²) in [5.41, 5.74) is -0.474. The number of ether oxygens (including phenoxy) is 2. The van der Waals surface area contributed by atoms with Crippen LogP contribution in [0, 0.1) is 0 Å². The van der Waals surface area contributed by atoms with Crippen molar-refractivity contribution in [2.45, 2.75) is 84.0 Å². The van der Waals surface area contributed by atoms with Gasteiger partial charge < -0.3 is 14.8 Å².